The van der Waals surface area contributed by atoms with Crippen molar-refractivity contribution in [3.8, 4) is 0 Å². The third-order valence-corrected chi connectivity index (χ3v) is 7.40. The summed E-state index contributed by atoms with van der Waals surface area (Å²) in [6.07, 6.45) is 3.21. The normalized spacial score (nSPS) is 17.4. The molecule has 4 rings (SSSR count). The molecule has 1 amide bonds. The zero-order valence-electron chi connectivity index (χ0n) is 21.4. The zero-order valence-corrected chi connectivity index (χ0v) is 21.4. The maximum atomic E-state index is 13.0. The van der Waals surface area contributed by atoms with Crippen molar-refractivity contribution in [1.82, 2.24) is 9.80 Å². The Labute approximate surface area is 213 Å². The number of benzene rings is 2. The van der Waals surface area contributed by atoms with Crippen molar-refractivity contribution in [3.05, 3.63) is 59.2 Å². The molecule has 8 heteroatoms. The summed E-state index contributed by atoms with van der Waals surface area (Å²) in [6.45, 7) is 9.56. The largest absolute Gasteiger partial charge is 0.478 e. The highest BCUT2D eigenvalue weighted by molar-refractivity contribution is 6.07. The average molecular weight is 495 g/mol. The quantitative estimate of drug-likeness (QED) is 0.551. The molecule has 2 aromatic rings. The van der Waals surface area contributed by atoms with E-state index in [0.29, 0.717) is 17.3 Å². The molecule has 2 N–H and O–H groups in total. The van der Waals surface area contributed by atoms with Crippen molar-refractivity contribution in [2.45, 2.75) is 32.2 Å². The van der Waals surface area contributed by atoms with Crippen molar-refractivity contribution in [2.24, 2.45) is 0 Å². The minimum Gasteiger partial charge on any atom is -0.478 e. The van der Waals surface area contributed by atoms with Crippen LogP contribution in [0.1, 0.15) is 45.5 Å². The maximum Gasteiger partial charge on any atom is 0.335 e. The van der Waals surface area contributed by atoms with E-state index in [1.54, 1.807) is 18.2 Å². The van der Waals surface area contributed by atoms with Gasteiger partial charge in [-0.25, -0.2) is 4.79 Å². The highest BCUT2D eigenvalue weighted by Gasteiger charge is 2.25. The first-order chi connectivity index (χ1) is 17.4. The van der Waals surface area contributed by atoms with Crippen LogP contribution in [0.15, 0.2) is 42.5 Å². The lowest BCUT2D eigenvalue weighted by Crippen LogP contribution is -2.44. The number of amides is 1. The van der Waals surface area contributed by atoms with Gasteiger partial charge in [0.15, 0.2) is 0 Å². The van der Waals surface area contributed by atoms with E-state index < -0.39 is 5.97 Å². The van der Waals surface area contributed by atoms with Gasteiger partial charge >= 0.3 is 5.97 Å². The number of aromatic carboxylic acids is 1. The molecule has 194 valence electrons. The molecule has 0 spiro atoms. The smallest absolute Gasteiger partial charge is 0.335 e. The number of nitrogens with zero attached hydrogens (tertiary/aromatic N) is 3. The van der Waals surface area contributed by atoms with Crippen LogP contribution in [0.5, 0.6) is 0 Å². The van der Waals surface area contributed by atoms with Crippen LogP contribution < -0.4 is 10.2 Å². The molecule has 2 heterocycles. The first kappa shape index (κ1) is 26.1. The molecule has 2 aliphatic rings. The van der Waals surface area contributed by atoms with Gasteiger partial charge in [-0.3, -0.25) is 9.69 Å². The minimum absolute atomic E-state index is 0.161. The average Bonchev–Trinajstić information content (AvgIpc) is 2.89. The molecule has 0 bridgehead atoms. The maximum absolute atomic E-state index is 13.0. The first-order valence-electron chi connectivity index (χ1n) is 12.9. The number of hydrogen-bond donors (Lipinski definition) is 2. The van der Waals surface area contributed by atoms with Crippen LogP contribution in [-0.4, -0.2) is 92.4 Å². The van der Waals surface area contributed by atoms with Gasteiger partial charge in [-0.2, -0.15) is 0 Å². The van der Waals surface area contributed by atoms with Gasteiger partial charge < -0.3 is 25.0 Å². The number of morpholine rings is 1. The lowest BCUT2D eigenvalue weighted by molar-refractivity contribution is 0.0357. The molecule has 0 unspecified atom stereocenters. The molecule has 8 nitrogen and oxygen atoms in total. The van der Waals surface area contributed by atoms with Crippen molar-refractivity contribution in [2.75, 3.05) is 69.7 Å². The summed E-state index contributed by atoms with van der Waals surface area (Å²) in [5, 5.41) is 12.5. The van der Waals surface area contributed by atoms with Crippen LogP contribution >= 0.6 is 0 Å². The van der Waals surface area contributed by atoms with Gasteiger partial charge in [0.1, 0.15) is 0 Å². The number of rotatable bonds is 9. The SMILES string of the molecule is Cc1ccccc1C(=O)Nc1cc(C(=O)O)ccc1N1CCC(N(C)CCCN2CCOCC2)CC1. The van der Waals surface area contributed by atoms with Gasteiger partial charge in [0.25, 0.3) is 5.91 Å². The van der Waals surface area contributed by atoms with Gasteiger partial charge in [-0.1, -0.05) is 18.2 Å². The topological polar surface area (TPSA) is 85.3 Å². The molecule has 2 saturated heterocycles. The second-order valence-electron chi connectivity index (χ2n) is 9.81. The minimum atomic E-state index is -1.01. The molecule has 0 aliphatic carbocycles. The number of carbonyl (C=O) groups excluding carboxylic acids is 1. The summed E-state index contributed by atoms with van der Waals surface area (Å²) in [4.78, 5) is 31.8. The molecule has 2 fully saturated rings. The molecule has 2 aliphatic heterocycles. The molecular formula is C28H38N4O4. The summed E-state index contributed by atoms with van der Waals surface area (Å²) in [7, 11) is 2.22. The third-order valence-electron chi connectivity index (χ3n) is 7.40. The van der Waals surface area contributed by atoms with E-state index in [2.05, 4.69) is 27.1 Å². The molecule has 0 radical (unpaired) electrons. The number of anilines is 2. The van der Waals surface area contributed by atoms with Crippen LogP contribution in [-0.2, 0) is 4.74 Å². The van der Waals surface area contributed by atoms with Crippen LogP contribution in [0.2, 0.25) is 0 Å². The number of piperidine rings is 1. The van der Waals surface area contributed by atoms with Crippen molar-refractivity contribution in [3.63, 3.8) is 0 Å². The Balaban J connectivity index is 1.37. The molecule has 0 aromatic heterocycles. The fourth-order valence-corrected chi connectivity index (χ4v) is 5.16. The molecule has 0 saturated carbocycles. The van der Waals surface area contributed by atoms with Crippen LogP contribution in [0, 0.1) is 6.92 Å². The number of carboxylic acids is 1. The Kier molecular flexibility index (Phi) is 8.96. The number of aryl methyl sites for hydroxylation is 1. The van der Waals surface area contributed by atoms with Crippen molar-refractivity contribution < 1.29 is 19.4 Å². The Morgan fingerprint density at radius 3 is 2.50 bits per heavy atom. The first-order valence-corrected chi connectivity index (χ1v) is 12.9. The zero-order chi connectivity index (χ0) is 25.5. The summed E-state index contributed by atoms with van der Waals surface area (Å²) in [6, 6.07) is 12.9. The van der Waals surface area contributed by atoms with Gasteiger partial charge in [0, 0.05) is 37.8 Å². The van der Waals surface area contributed by atoms with Crippen LogP contribution in [0.3, 0.4) is 0 Å². The predicted octanol–water partition coefficient (Wildman–Crippen LogP) is 3.57. The van der Waals surface area contributed by atoms with Crippen molar-refractivity contribution in [1.29, 1.82) is 0 Å². The molecular weight excluding hydrogens is 456 g/mol. The van der Waals surface area contributed by atoms with E-state index in [1.165, 1.54) is 0 Å². The standard InChI is InChI=1S/C28H38N4O4/c1-21-6-3-4-7-24(21)27(33)29-25-20-22(28(34)35)8-9-26(25)32-14-10-23(11-15-32)30(2)12-5-13-31-16-18-36-19-17-31/h3-4,6-9,20,23H,5,10-19H2,1-2H3,(H,29,33)(H,34,35). The van der Waals surface area contributed by atoms with Gasteiger partial charge in [-0.15, -0.1) is 0 Å². The van der Waals surface area contributed by atoms with Gasteiger partial charge in [0.05, 0.1) is 30.2 Å². The van der Waals surface area contributed by atoms with Gasteiger partial charge in [0.2, 0.25) is 0 Å². The highest BCUT2D eigenvalue weighted by atomic mass is 16.5. The monoisotopic (exact) mass is 494 g/mol. The number of nitrogens with one attached hydrogen (secondary N) is 1. The fraction of sp³-hybridized carbons (Fsp3) is 0.500. The number of carboxylic acid groups (broad SMARTS) is 1. The van der Waals surface area contributed by atoms with E-state index in [9.17, 15) is 14.7 Å². The molecule has 0 atom stereocenters. The van der Waals surface area contributed by atoms with Crippen molar-refractivity contribution >= 4 is 23.3 Å². The predicted molar refractivity (Wildman–Crippen MR) is 142 cm³/mol. The Bertz CT molecular complexity index is 1050. The number of ether oxygens (including phenoxy) is 1. The molecule has 2 aromatic carbocycles. The van der Waals surface area contributed by atoms with E-state index in [-0.39, 0.29) is 11.5 Å². The van der Waals surface area contributed by atoms with E-state index in [4.69, 9.17) is 4.74 Å². The fourth-order valence-electron chi connectivity index (χ4n) is 5.16. The second-order valence-corrected chi connectivity index (χ2v) is 9.81. The lowest BCUT2D eigenvalue weighted by atomic mass is 10.0. The highest BCUT2D eigenvalue weighted by Crippen LogP contribution is 2.31. The summed E-state index contributed by atoms with van der Waals surface area (Å²) >= 11 is 0. The summed E-state index contributed by atoms with van der Waals surface area (Å²) in [5.41, 5.74) is 3.04. The summed E-state index contributed by atoms with van der Waals surface area (Å²) in [5.74, 6) is -1.24. The molecule has 36 heavy (non-hydrogen) atoms. The summed E-state index contributed by atoms with van der Waals surface area (Å²) < 4.78 is 5.44. The number of hydrogen-bond acceptors (Lipinski definition) is 6. The van der Waals surface area contributed by atoms with E-state index >= 15 is 0 Å². The number of carbonyl (C=O) groups is 2. The van der Waals surface area contributed by atoms with Crippen LogP contribution in [0.4, 0.5) is 11.4 Å². The Morgan fingerprint density at radius 2 is 1.81 bits per heavy atom. The Morgan fingerprint density at radius 1 is 1.08 bits per heavy atom. The second kappa shape index (κ2) is 12.3. The van der Waals surface area contributed by atoms with E-state index in [1.807, 2.05) is 31.2 Å². The Hall–Kier alpha value is -2.94. The third kappa shape index (κ3) is 6.63. The van der Waals surface area contributed by atoms with Gasteiger partial charge in [-0.05, 0) is 76.2 Å². The van der Waals surface area contributed by atoms with E-state index in [0.717, 1.165) is 83.0 Å². The van der Waals surface area contributed by atoms with Crippen LogP contribution in [0.25, 0.3) is 0 Å². The lowest BCUT2D eigenvalue weighted by Gasteiger charge is -2.39.